The van der Waals surface area contributed by atoms with Gasteiger partial charge in [-0.2, -0.15) is 0 Å². The van der Waals surface area contributed by atoms with Crippen LogP contribution in [-0.2, 0) is 32.1 Å². The Bertz CT molecular complexity index is 1280. The molecular formula is C28H38N4O7. The lowest BCUT2D eigenvalue weighted by molar-refractivity contribution is -0.181. The Balaban J connectivity index is 1.86. The molecule has 0 saturated heterocycles. The number of benzene rings is 1. The molecule has 3 aliphatic rings. The second kappa shape index (κ2) is 9.50. The summed E-state index contributed by atoms with van der Waals surface area (Å²) in [5.74, 6) is -10.5. The zero-order valence-corrected chi connectivity index (χ0v) is 23.5. The molecule has 6 atom stereocenters. The number of rotatable bonds is 5. The van der Waals surface area contributed by atoms with Gasteiger partial charge in [-0.15, -0.1) is 0 Å². The highest BCUT2D eigenvalue weighted by Gasteiger charge is 2.69. The van der Waals surface area contributed by atoms with E-state index in [2.05, 4.69) is 5.32 Å². The molecule has 0 radical (unpaired) electrons. The number of fused-ring (bicyclic) bond motifs is 3. The number of likely N-dealkylation sites (N-methyl/N-ethyl adjacent to an activating group) is 1. The number of aliphatic hydroxyl groups is 1. The molecule has 0 heterocycles. The third kappa shape index (κ3) is 4.36. The number of nitrogens with two attached hydrogens (primary N) is 1. The van der Waals surface area contributed by atoms with Crippen LogP contribution in [0.5, 0.6) is 5.75 Å². The topological polar surface area (TPSA) is 170 Å². The Morgan fingerprint density at radius 2 is 1.74 bits per heavy atom. The van der Waals surface area contributed by atoms with Crippen molar-refractivity contribution in [3.8, 4) is 5.75 Å². The molecule has 5 N–H and O–H groups in total. The summed E-state index contributed by atoms with van der Waals surface area (Å²) in [5, 5.41) is 26.1. The first kappa shape index (κ1) is 28.8. The van der Waals surface area contributed by atoms with Gasteiger partial charge in [0.05, 0.1) is 17.5 Å². The van der Waals surface area contributed by atoms with Gasteiger partial charge in [-0.1, -0.05) is 0 Å². The molecule has 0 spiro atoms. The number of anilines is 1. The molecule has 11 heteroatoms. The lowest BCUT2D eigenvalue weighted by Crippen LogP contribution is -2.74. The van der Waals surface area contributed by atoms with Crippen LogP contribution in [0.3, 0.4) is 0 Å². The smallest absolute Gasteiger partial charge is 0.235 e. The summed E-state index contributed by atoms with van der Waals surface area (Å²) >= 11 is 0. The summed E-state index contributed by atoms with van der Waals surface area (Å²) in [5.41, 5.74) is 4.51. The van der Waals surface area contributed by atoms with Gasteiger partial charge in [-0.25, -0.2) is 0 Å². The fourth-order valence-corrected chi connectivity index (χ4v) is 6.78. The molecule has 2 unspecified atom stereocenters. The number of primary amides is 1. The Labute approximate surface area is 227 Å². The monoisotopic (exact) mass is 542 g/mol. The van der Waals surface area contributed by atoms with E-state index < -0.39 is 64.4 Å². The van der Waals surface area contributed by atoms with Gasteiger partial charge < -0.3 is 26.2 Å². The first-order valence-corrected chi connectivity index (χ1v) is 13.1. The minimum Gasteiger partial charge on any atom is -0.507 e. The number of carbonyl (C=O) groups is 5. The number of aromatic hydroxyl groups is 1. The Hall–Kier alpha value is -3.15. The third-order valence-electron chi connectivity index (χ3n) is 8.37. The van der Waals surface area contributed by atoms with Crippen molar-refractivity contribution in [2.24, 2.45) is 29.4 Å². The zero-order valence-electron chi connectivity index (χ0n) is 23.5. The van der Waals surface area contributed by atoms with Gasteiger partial charge in [0.15, 0.2) is 34.7 Å². The highest BCUT2D eigenvalue weighted by atomic mass is 16.3. The number of hydrogen-bond acceptors (Lipinski definition) is 10. The van der Waals surface area contributed by atoms with E-state index in [9.17, 15) is 34.2 Å². The summed E-state index contributed by atoms with van der Waals surface area (Å²) < 4.78 is 0. The van der Waals surface area contributed by atoms with E-state index >= 15 is 0 Å². The number of amides is 1. The maximum absolute atomic E-state index is 13.9. The molecular weight excluding hydrogens is 504 g/mol. The lowest BCUT2D eigenvalue weighted by atomic mass is 9.52. The summed E-state index contributed by atoms with van der Waals surface area (Å²) in [7, 11) is 6.79. The molecule has 212 valence electrons. The van der Waals surface area contributed by atoms with Gasteiger partial charge in [-0.05, 0) is 70.8 Å². The fraction of sp³-hybridized carbons (Fsp3) is 0.607. The van der Waals surface area contributed by atoms with Crippen molar-refractivity contribution >= 4 is 34.7 Å². The molecule has 2 fully saturated rings. The van der Waals surface area contributed by atoms with Crippen LogP contribution in [0.25, 0.3) is 0 Å². The Kier molecular flexibility index (Phi) is 7.02. The fourth-order valence-electron chi connectivity index (χ4n) is 6.78. The number of phenolic OH excluding ortho intramolecular Hbond substituents is 1. The van der Waals surface area contributed by atoms with Gasteiger partial charge in [-0.3, -0.25) is 28.9 Å². The van der Waals surface area contributed by atoms with Crippen LogP contribution in [0.4, 0.5) is 5.69 Å². The van der Waals surface area contributed by atoms with E-state index in [1.807, 2.05) is 39.8 Å². The van der Waals surface area contributed by atoms with E-state index in [0.29, 0.717) is 12.1 Å². The van der Waals surface area contributed by atoms with Crippen LogP contribution in [-0.4, -0.2) is 89.5 Å². The minimum absolute atomic E-state index is 0.00944. The number of nitrogens with zero attached hydrogens (tertiary/aromatic N) is 2. The molecule has 3 aliphatic carbocycles. The quantitative estimate of drug-likeness (QED) is 0.366. The molecule has 0 bridgehead atoms. The van der Waals surface area contributed by atoms with Crippen molar-refractivity contribution < 1.29 is 34.2 Å². The van der Waals surface area contributed by atoms with Gasteiger partial charge in [0.2, 0.25) is 5.91 Å². The van der Waals surface area contributed by atoms with Crippen molar-refractivity contribution in [1.82, 2.24) is 10.2 Å². The number of nitrogens with one attached hydrogen (secondary N) is 1. The molecule has 1 aromatic rings. The number of phenols is 1. The largest absolute Gasteiger partial charge is 0.507 e. The maximum Gasteiger partial charge on any atom is 0.235 e. The molecule has 2 saturated carbocycles. The highest BCUT2D eigenvalue weighted by Crippen LogP contribution is 2.52. The van der Waals surface area contributed by atoms with Gasteiger partial charge in [0.25, 0.3) is 0 Å². The SMILES string of the molecule is CN(C)c1c(CNC(C)(C)C)cc(O)c2c1C[C@H]1C[C@H]3[C@H](N(C)C)C(=O)C(C(N)=O)C(=O)[C@@]3(O)C(=O)C1C2=O. The zero-order chi connectivity index (χ0) is 29.4. The second-order valence-corrected chi connectivity index (χ2v) is 12.5. The molecule has 11 nitrogen and oxygen atoms in total. The number of Topliss-reactive ketones (excluding diaryl/α,β-unsaturated/α-hetero) is 4. The van der Waals surface area contributed by atoms with Crippen LogP contribution < -0.4 is 16.0 Å². The predicted octanol–water partition coefficient (Wildman–Crippen LogP) is -0.179. The highest BCUT2D eigenvalue weighted by molar-refractivity contribution is 6.32. The summed E-state index contributed by atoms with van der Waals surface area (Å²) in [6, 6.07) is 0.376. The lowest BCUT2D eigenvalue weighted by Gasteiger charge is -2.52. The van der Waals surface area contributed by atoms with Crippen LogP contribution >= 0.6 is 0 Å². The molecule has 4 rings (SSSR count). The van der Waals surface area contributed by atoms with E-state index in [-0.39, 0.29) is 29.7 Å². The van der Waals surface area contributed by atoms with Crippen LogP contribution in [0.1, 0.15) is 48.7 Å². The summed E-state index contributed by atoms with van der Waals surface area (Å²) in [4.78, 5) is 69.8. The van der Waals surface area contributed by atoms with Crippen LogP contribution in [0.2, 0.25) is 0 Å². The van der Waals surface area contributed by atoms with Crippen molar-refractivity contribution in [2.45, 2.75) is 57.3 Å². The standard InChI is InChI=1S/C28H38N4O7/c1-27(2,3)30-11-13-10-16(33)18-14(20(13)31(4)5)8-12-9-15-21(32(6)7)23(35)19(26(29)38)25(37)28(15,39)24(36)17(12)22(18)34/h10,12,15,17,19,21,30,33,39H,8-9,11H2,1-7H3,(H2,29,38)/t12-,15-,17?,19?,21-,28-/m0/s1. The average molecular weight is 543 g/mol. The molecule has 39 heavy (non-hydrogen) atoms. The third-order valence-corrected chi connectivity index (χ3v) is 8.37. The normalized spacial score (nSPS) is 30.6. The second-order valence-electron chi connectivity index (χ2n) is 12.5. The van der Waals surface area contributed by atoms with Crippen molar-refractivity contribution in [1.29, 1.82) is 0 Å². The molecule has 1 amide bonds. The van der Waals surface area contributed by atoms with E-state index in [1.54, 1.807) is 14.1 Å². The molecule has 0 aliphatic heterocycles. The van der Waals surface area contributed by atoms with Crippen molar-refractivity contribution in [3.05, 3.63) is 22.8 Å². The summed E-state index contributed by atoms with van der Waals surface area (Å²) in [6.45, 7) is 6.46. The predicted molar refractivity (Wildman–Crippen MR) is 142 cm³/mol. The maximum atomic E-state index is 13.9. The first-order valence-electron chi connectivity index (χ1n) is 13.1. The average Bonchev–Trinajstić information content (AvgIpc) is 2.78. The van der Waals surface area contributed by atoms with Gasteiger partial charge >= 0.3 is 0 Å². The number of ketones is 4. The Morgan fingerprint density at radius 3 is 2.26 bits per heavy atom. The minimum atomic E-state index is -2.73. The number of hydrogen-bond donors (Lipinski definition) is 4. The van der Waals surface area contributed by atoms with Crippen LogP contribution in [0, 0.1) is 23.7 Å². The number of carbonyl (C=O) groups excluding carboxylic acids is 5. The van der Waals surface area contributed by atoms with E-state index in [0.717, 1.165) is 11.3 Å². The summed E-state index contributed by atoms with van der Waals surface area (Å²) in [6.07, 6.45) is 0.234. The molecule has 1 aromatic carbocycles. The van der Waals surface area contributed by atoms with Gasteiger partial charge in [0.1, 0.15) is 5.75 Å². The van der Waals surface area contributed by atoms with E-state index in [4.69, 9.17) is 5.73 Å². The van der Waals surface area contributed by atoms with Crippen molar-refractivity contribution in [3.63, 3.8) is 0 Å². The molecule has 0 aromatic heterocycles. The first-order chi connectivity index (χ1) is 17.9. The Morgan fingerprint density at radius 1 is 1.13 bits per heavy atom. The van der Waals surface area contributed by atoms with E-state index in [1.165, 1.54) is 11.0 Å². The van der Waals surface area contributed by atoms with Crippen LogP contribution in [0.15, 0.2) is 6.07 Å². The van der Waals surface area contributed by atoms with Gasteiger partial charge in [0, 0.05) is 37.8 Å². The van der Waals surface area contributed by atoms with Crippen molar-refractivity contribution in [2.75, 3.05) is 33.1 Å².